The van der Waals surface area contributed by atoms with Crippen LogP contribution in [0.1, 0.15) is 10.4 Å². The number of benzene rings is 1. The highest BCUT2D eigenvalue weighted by Gasteiger charge is 2.38. The van der Waals surface area contributed by atoms with Crippen molar-refractivity contribution in [3.63, 3.8) is 0 Å². The maximum Gasteiger partial charge on any atom is 0.268 e. The lowest BCUT2D eigenvalue weighted by molar-refractivity contribution is 0.0891. The predicted molar refractivity (Wildman–Crippen MR) is 45.7 cm³/mol. The Morgan fingerprint density at radius 3 is 2.64 bits per heavy atom. The van der Waals surface area contributed by atoms with Gasteiger partial charge in [-0.25, -0.2) is 17.1 Å². The molecule has 0 spiro atoms. The number of halogens is 1. The number of carbonyl (C=O) groups excluding carboxylic acids is 1. The van der Waals surface area contributed by atoms with Crippen molar-refractivity contribution in [2.45, 2.75) is 4.90 Å². The van der Waals surface area contributed by atoms with E-state index in [1.807, 2.05) is 0 Å². The van der Waals surface area contributed by atoms with Crippen LogP contribution in [0.15, 0.2) is 23.1 Å². The summed E-state index contributed by atoms with van der Waals surface area (Å²) in [6.07, 6.45) is 0. The van der Waals surface area contributed by atoms with Gasteiger partial charge in [-0.2, -0.15) is 0 Å². The minimum atomic E-state index is -3.73. The Morgan fingerprint density at radius 2 is 2.00 bits per heavy atom. The summed E-state index contributed by atoms with van der Waals surface area (Å²) in [5.74, 6) is -1.32. The molecule has 0 saturated carbocycles. The van der Waals surface area contributed by atoms with Gasteiger partial charge in [-0.3, -0.25) is 4.79 Å². The van der Waals surface area contributed by atoms with E-state index in [2.05, 4.69) is 0 Å². The van der Waals surface area contributed by atoms with Gasteiger partial charge in [0.2, 0.25) is 0 Å². The van der Waals surface area contributed by atoms with Gasteiger partial charge in [0.1, 0.15) is 10.7 Å². The van der Waals surface area contributed by atoms with Crippen LogP contribution in [-0.2, 0) is 10.0 Å². The molecule has 0 fully saturated rings. The third-order valence-electron chi connectivity index (χ3n) is 2.10. The third kappa shape index (κ3) is 0.971. The number of nitrogens with zero attached hydrogens (tertiary/aromatic N) is 1. The SMILES string of the molecule is CN1C(=O)c2cc(F)ccc2S1(=O)=O. The zero-order chi connectivity index (χ0) is 10.5. The quantitative estimate of drug-likeness (QED) is 0.636. The minimum Gasteiger partial charge on any atom is -0.268 e. The van der Waals surface area contributed by atoms with Crippen LogP contribution >= 0.6 is 0 Å². The molecule has 1 heterocycles. The number of sulfonamides is 1. The molecule has 1 amide bonds. The molecule has 1 aromatic rings. The van der Waals surface area contributed by atoms with Gasteiger partial charge in [-0.15, -0.1) is 0 Å². The lowest BCUT2D eigenvalue weighted by atomic mass is 10.2. The van der Waals surface area contributed by atoms with Gasteiger partial charge in [0.05, 0.1) is 5.56 Å². The zero-order valence-corrected chi connectivity index (χ0v) is 8.01. The number of amides is 1. The first-order valence-electron chi connectivity index (χ1n) is 3.77. The largest absolute Gasteiger partial charge is 0.268 e. The molecule has 2 rings (SSSR count). The molecule has 0 radical (unpaired) electrons. The second kappa shape index (κ2) is 2.54. The van der Waals surface area contributed by atoms with E-state index in [4.69, 9.17) is 0 Å². The van der Waals surface area contributed by atoms with Gasteiger partial charge in [0.25, 0.3) is 15.9 Å². The number of rotatable bonds is 0. The Labute approximate surface area is 80.0 Å². The molecule has 0 N–H and O–H groups in total. The molecule has 6 heteroatoms. The van der Waals surface area contributed by atoms with Gasteiger partial charge >= 0.3 is 0 Å². The minimum absolute atomic E-state index is 0.104. The van der Waals surface area contributed by atoms with E-state index in [9.17, 15) is 17.6 Å². The molecule has 1 aromatic carbocycles. The van der Waals surface area contributed by atoms with Crippen LogP contribution in [0.2, 0.25) is 0 Å². The van der Waals surface area contributed by atoms with Crippen LogP contribution in [0.4, 0.5) is 4.39 Å². The molecule has 0 atom stereocenters. The van der Waals surface area contributed by atoms with E-state index in [-0.39, 0.29) is 10.5 Å². The average molecular weight is 215 g/mol. The fourth-order valence-electron chi connectivity index (χ4n) is 1.32. The summed E-state index contributed by atoms with van der Waals surface area (Å²) in [5, 5.41) is 0. The number of carbonyl (C=O) groups is 1. The third-order valence-corrected chi connectivity index (χ3v) is 3.90. The average Bonchev–Trinajstić information content (AvgIpc) is 2.28. The maximum atomic E-state index is 12.7. The monoisotopic (exact) mass is 215 g/mol. The molecule has 0 bridgehead atoms. The Kier molecular flexibility index (Phi) is 1.66. The fourth-order valence-corrected chi connectivity index (χ4v) is 2.60. The van der Waals surface area contributed by atoms with Crippen LogP contribution < -0.4 is 0 Å². The lowest BCUT2D eigenvalue weighted by Gasteiger charge is -2.05. The van der Waals surface area contributed by atoms with Crippen molar-refractivity contribution in [2.75, 3.05) is 7.05 Å². The molecule has 74 valence electrons. The molecule has 4 nitrogen and oxygen atoms in total. The van der Waals surface area contributed by atoms with Crippen LogP contribution in [0, 0.1) is 5.82 Å². The van der Waals surface area contributed by atoms with Gasteiger partial charge in [0, 0.05) is 7.05 Å². The number of hydrogen-bond acceptors (Lipinski definition) is 3. The van der Waals surface area contributed by atoms with E-state index in [1.54, 1.807) is 0 Å². The highest BCUT2D eigenvalue weighted by molar-refractivity contribution is 7.90. The number of fused-ring (bicyclic) bond motifs is 1. The normalized spacial score (nSPS) is 18.4. The molecular weight excluding hydrogens is 209 g/mol. The van der Waals surface area contributed by atoms with Crippen LogP contribution in [-0.4, -0.2) is 25.7 Å². The summed E-state index contributed by atoms with van der Waals surface area (Å²) in [4.78, 5) is 11.2. The summed E-state index contributed by atoms with van der Waals surface area (Å²) in [6, 6.07) is 3.04. The summed E-state index contributed by atoms with van der Waals surface area (Å²) in [6.45, 7) is 0. The maximum absolute atomic E-state index is 12.7. The lowest BCUT2D eigenvalue weighted by Crippen LogP contribution is -2.24. The van der Waals surface area contributed by atoms with Gasteiger partial charge in [0.15, 0.2) is 0 Å². The molecule has 1 aliphatic rings. The molecule has 0 aliphatic carbocycles. The molecule has 1 aliphatic heterocycles. The molecular formula is C8H6FNO3S. The summed E-state index contributed by atoms with van der Waals surface area (Å²) < 4.78 is 36.3. The van der Waals surface area contributed by atoms with Gasteiger partial charge in [-0.05, 0) is 18.2 Å². The smallest absolute Gasteiger partial charge is 0.268 e. The van der Waals surface area contributed by atoms with Crippen molar-refractivity contribution in [3.8, 4) is 0 Å². The van der Waals surface area contributed by atoms with E-state index >= 15 is 0 Å². The summed E-state index contributed by atoms with van der Waals surface area (Å²) in [5.41, 5.74) is -0.104. The van der Waals surface area contributed by atoms with E-state index in [1.165, 1.54) is 0 Å². The van der Waals surface area contributed by atoms with Crippen LogP contribution in [0.5, 0.6) is 0 Å². The van der Waals surface area contributed by atoms with E-state index < -0.39 is 21.7 Å². The molecule has 0 saturated heterocycles. The van der Waals surface area contributed by atoms with Crippen molar-refractivity contribution in [2.24, 2.45) is 0 Å². The first-order chi connectivity index (χ1) is 6.44. The first kappa shape index (κ1) is 9.14. The fraction of sp³-hybridized carbons (Fsp3) is 0.125. The van der Waals surface area contributed by atoms with Crippen molar-refractivity contribution < 1.29 is 17.6 Å². The van der Waals surface area contributed by atoms with Crippen molar-refractivity contribution in [1.29, 1.82) is 0 Å². The zero-order valence-electron chi connectivity index (χ0n) is 7.19. The Bertz CT molecular complexity index is 523. The number of hydrogen-bond donors (Lipinski definition) is 0. The van der Waals surface area contributed by atoms with Crippen LogP contribution in [0.3, 0.4) is 0 Å². The highest BCUT2D eigenvalue weighted by atomic mass is 32.2. The Balaban J connectivity index is 2.81. The topological polar surface area (TPSA) is 54.5 Å². The van der Waals surface area contributed by atoms with Crippen molar-refractivity contribution >= 4 is 15.9 Å². The standard InChI is InChI=1S/C8H6FNO3S/c1-10-8(11)6-4-5(9)2-3-7(6)14(10,12)13/h2-4H,1H3. The van der Waals surface area contributed by atoms with E-state index in [0.29, 0.717) is 4.31 Å². The molecule has 0 aromatic heterocycles. The second-order valence-corrected chi connectivity index (χ2v) is 4.86. The van der Waals surface area contributed by atoms with Gasteiger partial charge < -0.3 is 0 Å². The van der Waals surface area contributed by atoms with Crippen molar-refractivity contribution in [1.82, 2.24) is 4.31 Å². The van der Waals surface area contributed by atoms with Crippen molar-refractivity contribution in [3.05, 3.63) is 29.6 Å². The predicted octanol–water partition coefficient (Wildman–Crippen LogP) is 0.600. The first-order valence-corrected chi connectivity index (χ1v) is 5.21. The Hall–Kier alpha value is -1.43. The van der Waals surface area contributed by atoms with Crippen LogP contribution in [0.25, 0.3) is 0 Å². The van der Waals surface area contributed by atoms with E-state index in [0.717, 1.165) is 25.2 Å². The summed E-state index contributed by atoms with van der Waals surface area (Å²) >= 11 is 0. The molecule has 0 unspecified atom stereocenters. The molecule has 14 heavy (non-hydrogen) atoms. The highest BCUT2D eigenvalue weighted by Crippen LogP contribution is 2.28. The Morgan fingerprint density at radius 1 is 1.36 bits per heavy atom. The second-order valence-electron chi connectivity index (χ2n) is 2.92. The van der Waals surface area contributed by atoms with Gasteiger partial charge in [-0.1, -0.05) is 0 Å². The summed E-state index contributed by atoms with van der Waals surface area (Å²) in [7, 11) is -2.58.